The van der Waals surface area contributed by atoms with Crippen molar-refractivity contribution in [2.45, 2.75) is 45.7 Å². The third-order valence-electron chi connectivity index (χ3n) is 5.63. The summed E-state index contributed by atoms with van der Waals surface area (Å²) in [4.78, 5) is 29.2. The summed E-state index contributed by atoms with van der Waals surface area (Å²) in [6.07, 6.45) is 3.07. The second kappa shape index (κ2) is 10.4. The number of furan rings is 1. The van der Waals surface area contributed by atoms with E-state index in [2.05, 4.69) is 12.1 Å². The van der Waals surface area contributed by atoms with E-state index in [1.165, 1.54) is 12.7 Å². The maximum atomic E-state index is 13.3. The largest absolute Gasteiger partial charge is 0.468 e. The van der Waals surface area contributed by atoms with Crippen molar-refractivity contribution in [2.75, 3.05) is 26.7 Å². The Kier molecular flexibility index (Phi) is 7.69. The number of hydrogen-bond donors (Lipinski definition) is 0. The number of carbonyl (C=O) groups is 2. The van der Waals surface area contributed by atoms with Crippen molar-refractivity contribution in [3.63, 3.8) is 0 Å². The quantitative estimate of drug-likeness (QED) is 0.529. The van der Waals surface area contributed by atoms with Gasteiger partial charge >= 0.3 is 5.97 Å². The monoisotopic (exact) mass is 412 g/mol. The molecule has 0 aliphatic heterocycles. The van der Waals surface area contributed by atoms with Crippen molar-refractivity contribution in [1.29, 1.82) is 0 Å². The minimum Gasteiger partial charge on any atom is -0.468 e. The van der Waals surface area contributed by atoms with Crippen LogP contribution in [0, 0.1) is 12.8 Å². The van der Waals surface area contributed by atoms with Gasteiger partial charge in [-0.15, -0.1) is 0 Å². The van der Waals surface area contributed by atoms with Crippen molar-refractivity contribution in [2.24, 2.45) is 5.92 Å². The highest BCUT2D eigenvalue weighted by atomic mass is 16.5. The van der Waals surface area contributed by atoms with Gasteiger partial charge < -0.3 is 14.1 Å². The molecule has 0 saturated heterocycles. The van der Waals surface area contributed by atoms with E-state index in [0.717, 1.165) is 37.3 Å². The topological polar surface area (TPSA) is 63.0 Å². The maximum Gasteiger partial charge on any atom is 0.322 e. The van der Waals surface area contributed by atoms with Crippen LogP contribution < -0.4 is 0 Å². The number of ether oxygens (including phenoxy) is 1. The first-order valence-electron chi connectivity index (χ1n) is 10.6. The molecule has 3 rings (SSSR count). The first-order chi connectivity index (χ1) is 14.5. The van der Waals surface area contributed by atoms with Crippen molar-refractivity contribution in [3.8, 4) is 0 Å². The Bertz CT molecular complexity index is 829. The molecule has 162 valence electrons. The van der Waals surface area contributed by atoms with Gasteiger partial charge in [-0.1, -0.05) is 30.3 Å². The summed E-state index contributed by atoms with van der Waals surface area (Å²) in [6, 6.07) is 13.5. The van der Waals surface area contributed by atoms with E-state index in [-0.39, 0.29) is 18.4 Å². The molecule has 2 aromatic rings. The van der Waals surface area contributed by atoms with Crippen molar-refractivity contribution >= 4 is 11.9 Å². The Labute approximate surface area is 178 Å². The van der Waals surface area contributed by atoms with Crippen LogP contribution in [0.4, 0.5) is 0 Å². The molecule has 0 bridgehead atoms. The lowest BCUT2D eigenvalue weighted by atomic mass is 10.1. The summed E-state index contributed by atoms with van der Waals surface area (Å²) in [5.41, 5.74) is 1.18. The Morgan fingerprint density at radius 1 is 1.17 bits per heavy atom. The van der Waals surface area contributed by atoms with Crippen LogP contribution in [0.1, 0.15) is 36.8 Å². The third-order valence-corrected chi connectivity index (χ3v) is 5.63. The van der Waals surface area contributed by atoms with Crippen LogP contribution in [0.15, 0.2) is 46.9 Å². The van der Waals surface area contributed by atoms with Crippen LogP contribution in [0.2, 0.25) is 0 Å². The Morgan fingerprint density at radius 3 is 2.50 bits per heavy atom. The van der Waals surface area contributed by atoms with E-state index in [0.29, 0.717) is 19.0 Å². The lowest BCUT2D eigenvalue weighted by Gasteiger charge is -2.30. The predicted octanol–water partition coefficient (Wildman–Crippen LogP) is 3.43. The number of rotatable bonds is 11. The van der Waals surface area contributed by atoms with Gasteiger partial charge in [0.05, 0.1) is 20.2 Å². The molecule has 0 radical (unpaired) electrons. The predicted molar refractivity (Wildman–Crippen MR) is 115 cm³/mol. The van der Waals surface area contributed by atoms with Crippen molar-refractivity contribution in [3.05, 3.63) is 59.5 Å². The summed E-state index contributed by atoms with van der Waals surface area (Å²) in [7, 11) is 1.39. The molecule has 0 spiro atoms. The fraction of sp³-hybridized carbons (Fsp3) is 0.500. The van der Waals surface area contributed by atoms with E-state index in [9.17, 15) is 9.59 Å². The molecule has 1 aromatic carbocycles. The van der Waals surface area contributed by atoms with Gasteiger partial charge in [0.2, 0.25) is 5.91 Å². The number of nitrogens with zero attached hydrogens (tertiary/aromatic N) is 2. The van der Waals surface area contributed by atoms with E-state index in [4.69, 9.17) is 9.15 Å². The number of methoxy groups -OCH3 is 1. The molecule has 1 fully saturated rings. The van der Waals surface area contributed by atoms with Crippen LogP contribution in [0.25, 0.3) is 0 Å². The van der Waals surface area contributed by atoms with Gasteiger partial charge in [0.15, 0.2) is 0 Å². The molecule has 1 aromatic heterocycles. The van der Waals surface area contributed by atoms with Crippen LogP contribution in [-0.4, -0.2) is 54.5 Å². The van der Waals surface area contributed by atoms with Crippen molar-refractivity contribution < 1.29 is 18.7 Å². The highest BCUT2D eigenvalue weighted by Gasteiger charge is 2.32. The maximum absolute atomic E-state index is 13.3. The minimum absolute atomic E-state index is 0.00335. The summed E-state index contributed by atoms with van der Waals surface area (Å²) in [5.74, 6) is 1.85. The third kappa shape index (κ3) is 6.46. The van der Waals surface area contributed by atoms with Gasteiger partial charge in [0.25, 0.3) is 0 Å². The number of hydrogen-bond acceptors (Lipinski definition) is 5. The van der Waals surface area contributed by atoms with Gasteiger partial charge in [-0.3, -0.25) is 14.5 Å². The average Bonchev–Trinajstić information content (AvgIpc) is 3.48. The smallest absolute Gasteiger partial charge is 0.322 e. The first kappa shape index (κ1) is 22.1. The Morgan fingerprint density at radius 2 is 1.90 bits per heavy atom. The van der Waals surface area contributed by atoms with E-state index >= 15 is 0 Å². The number of amides is 1. The summed E-state index contributed by atoms with van der Waals surface area (Å²) in [6.45, 7) is 5.66. The van der Waals surface area contributed by atoms with Gasteiger partial charge in [-0.25, -0.2) is 0 Å². The molecule has 1 saturated carbocycles. The van der Waals surface area contributed by atoms with Crippen LogP contribution in [-0.2, 0) is 27.3 Å². The molecule has 1 atom stereocenters. The molecule has 0 N–H and O–H groups in total. The lowest BCUT2D eigenvalue weighted by molar-refractivity contribution is -0.147. The Hall–Kier alpha value is -2.60. The lowest BCUT2D eigenvalue weighted by Crippen LogP contribution is -2.47. The highest BCUT2D eigenvalue weighted by Crippen LogP contribution is 2.30. The Balaban J connectivity index is 1.70. The zero-order chi connectivity index (χ0) is 21.5. The molecule has 0 unspecified atom stereocenters. The van der Waals surface area contributed by atoms with Crippen LogP contribution in [0.5, 0.6) is 0 Å². The van der Waals surface area contributed by atoms with Gasteiger partial charge in [-0.05, 0) is 56.7 Å². The second-order valence-electron chi connectivity index (χ2n) is 8.14. The minimum atomic E-state index is -0.443. The molecular formula is C24H32N2O4. The van der Waals surface area contributed by atoms with Gasteiger partial charge in [0.1, 0.15) is 17.6 Å². The molecule has 30 heavy (non-hydrogen) atoms. The number of esters is 1. The summed E-state index contributed by atoms with van der Waals surface area (Å²) < 4.78 is 10.6. The van der Waals surface area contributed by atoms with Gasteiger partial charge in [-0.2, -0.15) is 0 Å². The zero-order valence-corrected chi connectivity index (χ0v) is 18.2. The molecule has 6 heteroatoms. The molecular weight excluding hydrogens is 380 g/mol. The molecule has 1 aliphatic carbocycles. The molecule has 1 heterocycles. The number of aryl methyl sites for hydroxylation is 1. The normalized spacial score (nSPS) is 14.5. The van der Waals surface area contributed by atoms with Crippen LogP contribution >= 0.6 is 0 Å². The SMILES string of the molecule is COC(=O)[C@@H](C)N(CC(=O)N(CCc1ccccc1)Cc1ccc(C)o1)CC1CC1. The average molecular weight is 413 g/mol. The van der Waals surface area contributed by atoms with Crippen LogP contribution in [0.3, 0.4) is 0 Å². The highest BCUT2D eigenvalue weighted by molar-refractivity contribution is 5.80. The summed E-state index contributed by atoms with van der Waals surface area (Å²) >= 11 is 0. The van der Waals surface area contributed by atoms with Crippen molar-refractivity contribution in [1.82, 2.24) is 9.80 Å². The second-order valence-corrected chi connectivity index (χ2v) is 8.14. The summed E-state index contributed by atoms with van der Waals surface area (Å²) in [5, 5.41) is 0. The molecule has 1 amide bonds. The standard InChI is InChI=1S/C24H32N2O4/c1-18-9-12-22(30-18)16-25(14-13-20-7-5-4-6-8-20)23(27)17-26(15-21-10-11-21)19(2)24(28)29-3/h4-9,12,19,21H,10-11,13-17H2,1-3H3/t19-/m1/s1. The van der Waals surface area contributed by atoms with E-state index in [1.807, 2.05) is 54.0 Å². The number of benzene rings is 1. The van der Waals surface area contributed by atoms with E-state index in [1.54, 1.807) is 0 Å². The van der Waals surface area contributed by atoms with E-state index < -0.39 is 6.04 Å². The zero-order valence-electron chi connectivity index (χ0n) is 18.2. The fourth-order valence-corrected chi connectivity index (χ4v) is 3.54. The molecule has 1 aliphatic rings. The first-order valence-corrected chi connectivity index (χ1v) is 10.6. The number of carbonyl (C=O) groups excluding carboxylic acids is 2. The van der Waals surface area contributed by atoms with Gasteiger partial charge in [0, 0.05) is 13.1 Å². The fourth-order valence-electron chi connectivity index (χ4n) is 3.54. The molecule has 6 nitrogen and oxygen atoms in total.